The molecule has 168 valence electrons. The van der Waals surface area contributed by atoms with Crippen LogP contribution in [0.25, 0.3) is 22.8 Å². The van der Waals surface area contributed by atoms with Gasteiger partial charge >= 0.3 is 0 Å². The van der Waals surface area contributed by atoms with Gasteiger partial charge in [0.15, 0.2) is 11.6 Å². The average Bonchev–Trinajstić information content (AvgIpc) is 3.55. The highest BCUT2D eigenvalue weighted by Gasteiger charge is 2.20. The standard InChI is InChI=1S/C28H30N4O/c1-21(23-10-4-3-5-11-23)32-28(29-27(30-32)24-13-15-26(33-2)16-14-24)25-12-8-9-22(19-25)20-31-17-6-7-18-31/h3-5,8-16,19,21H,6-7,17-18,20H2,1-2H3. The van der Waals surface area contributed by atoms with Gasteiger partial charge in [0, 0.05) is 17.7 Å². The maximum absolute atomic E-state index is 5.32. The summed E-state index contributed by atoms with van der Waals surface area (Å²) in [5.41, 5.74) is 4.60. The Bertz CT molecular complexity index is 1190. The van der Waals surface area contributed by atoms with Crippen LogP contribution in [-0.2, 0) is 6.54 Å². The molecule has 1 aromatic heterocycles. The summed E-state index contributed by atoms with van der Waals surface area (Å²) >= 11 is 0. The van der Waals surface area contributed by atoms with Crippen LogP contribution in [0.3, 0.4) is 0 Å². The van der Waals surface area contributed by atoms with Crippen LogP contribution in [0.15, 0.2) is 78.9 Å². The zero-order chi connectivity index (χ0) is 22.6. The van der Waals surface area contributed by atoms with Crippen molar-refractivity contribution in [3.63, 3.8) is 0 Å². The van der Waals surface area contributed by atoms with Gasteiger partial charge in [0.05, 0.1) is 13.2 Å². The largest absolute Gasteiger partial charge is 0.497 e. The summed E-state index contributed by atoms with van der Waals surface area (Å²) in [7, 11) is 1.68. The molecule has 1 unspecified atom stereocenters. The van der Waals surface area contributed by atoms with Crippen molar-refractivity contribution in [1.29, 1.82) is 0 Å². The van der Waals surface area contributed by atoms with Crippen molar-refractivity contribution < 1.29 is 4.74 Å². The van der Waals surface area contributed by atoms with Gasteiger partial charge in [-0.15, -0.1) is 5.10 Å². The molecule has 5 heteroatoms. The monoisotopic (exact) mass is 438 g/mol. The predicted octanol–water partition coefficient (Wildman–Crippen LogP) is 5.83. The number of methoxy groups -OCH3 is 1. The molecular weight excluding hydrogens is 408 g/mol. The minimum atomic E-state index is 0.0583. The predicted molar refractivity (Wildman–Crippen MR) is 132 cm³/mol. The zero-order valence-electron chi connectivity index (χ0n) is 19.3. The molecule has 3 aromatic carbocycles. The van der Waals surface area contributed by atoms with Crippen molar-refractivity contribution in [3.8, 4) is 28.5 Å². The fourth-order valence-electron chi connectivity index (χ4n) is 4.53. The lowest BCUT2D eigenvalue weighted by Gasteiger charge is -2.17. The molecule has 0 N–H and O–H groups in total. The number of benzene rings is 3. The highest BCUT2D eigenvalue weighted by atomic mass is 16.5. The van der Waals surface area contributed by atoms with E-state index in [2.05, 4.69) is 65.0 Å². The summed E-state index contributed by atoms with van der Waals surface area (Å²) in [5.74, 6) is 2.44. The van der Waals surface area contributed by atoms with Crippen molar-refractivity contribution >= 4 is 0 Å². The Morgan fingerprint density at radius 1 is 0.879 bits per heavy atom. The third kappa shape index (κ3) is 4.69. The lowest BCUT2D eigenvalue weighted by Crippen LogP contribution is -2.18. The normalized spacial score (nSPS) is 15.0. The molecule has 1 saturated heterocycles. The van der Waals surface area contributed by atoms with Gasteiger partial charge in [0.1, 0.15) is 5.75 Å². The molecule has 5 rings (SSSR count). The van der Waals surface area contributed by atoms with Crippen molar-refractivity contribution in [3.05, 3.63) is 90.0 Å². The van der Waals surface area contributed by atoms with E-state index in [0.717, 1.165) is 35.1 Å². The summed E-state index contributed by atoms with van der Waals surface area (Å²) in [6, 6.07) is 27.2. The lowest BCUT2D eigenvalue weighted by molar-refractivity contribution is 0.331. The smallest absolute Gasteiger partial charge is 0.181 e. The van der Waals surface area contributed by atoms with Crippen LogP contribution in [0.4, 0.5) is 0 Å². The van der Waals surface area contributed by atoms with Gasteiger partial charge in [-0.2, -0.15) is 0 Å². The Kier molecular flexibility index (Phi) is 6.22. The molecule has 1 fully saturated rings. The number of ether oxygens (including phenoxy) is 1. The van der Waals surface area contributed by atoms with Gasteiger partial charge in [-0.25, -0.2) is 9.67 Å². The van der Waals surface area contributed by atoms with E-state index in [1.165, 1.54) is 37.1 Å². The van der Waals surface area contributed by atoms with E-state index >= 15 is 0 Å². The van der Waals surface area contributed by atoms with Gasteiger partial charge in [-0.1, -0.05) is 48.5 Å². The first kappa shape index (κ1) is 21.4. The molecule has 4 aromatic rings. The molecule has 1 aliphatic heterocycles. The number of nitrogens with zero attached hydrogens (tertiary/aromatic N) is 4. The Morgan fingerprint density at radius 3 is 2.36 bits per heavy atom. The van der Waals surface area contributed by atoms with Gasteiger partial charge in [-0.05, 0) is 74.3 Å². The zero-order valence-corrected chi connectivity index (χ0v) is 19.3. The van der Waals surface area contributed by atoms with Crippen molar-refractivity contribution in [2.45, 2.75) is 32.4 Å². The topological polar surface area (TPSA) is 43.2 Å². The van der Waals surface area contributed by atoms with E-state index in [0.29, 0.717) is 0 Å². The van der Waals surface area contributed by atoms with E-state index in [-0.39, 0.29) is 6.04 Å². The number of likely N-dealkylation sites (tertiary alicyclic amines) is 1. The number of hydrogen-bond donors (Lipinski definition) is 0. The van der Waals surface area contributed by atoms with E-state index in [1.807, 2.05) is 30.3 Å². The second kappa shape index (κ2) is 9.59. The molecule has 1 aliphatic rings. The molecule has 0 bridgehead atoms. The Balaban J connectivity index is 1.55. The first-order valence-corrected chi connectivity index (χ1v) is 11.7. The van der Waals surface area contributed by atoms with Gasteiger partial charge < -0.3 is 4.74 Å². The first-order valence-electron chi connectivity index (χ1n) is 11.7. The van der Waals surface area contributed by atoms with Crippen LogP contribution in [-0.4, -0.2) is 39.9 Å². The van der Waals surface area contributed by atoms with Crippen LogP contribution in [0.1, 0.15) is 36.9 Å². The Hall–Kier alpha value is -3.44. The Labute approximate surface area is 195 Å². The molecule has 0 spiro atoms. The second-order valence-electron chi connectivity index (χ2n) is 8.70. The molecule has 0 radical (unpaired) electrons. The summed E-state index contributed by atoms with van der Waals surface area (Å²) in [6.07, 6.45) is 2.60. The maximum atomic E-state index is 5.32. The highest BCUT2D eigenvalue weighted by Crippen LogP contribution is 2.29. The minimum absolute atomic E-state index is 0.0583. The second-order valence-corrected chi connectivity index (χ2v) is 8.70. The van der Waals surface area contributed by atoms with Crippen molar-refractivity contribution in [2.75, 3.05) is 20.2 Å². The van der Waals surface area contributed by atoms with Crippen LogP contribution in [0.2, 0.25) is 0 Å². The Morgan fingerprint density at radius 2 is 1.64 bits per heavy atom. The van der Waals surface area contributed by atoms with E-state index in [9.17, 15) is 0 Å². The third-order valence-corrected chi connectivity index (χ3v) is 6.42. The van der Waals surface area contributed by atoms with E-state index in [1.54, 1.807) is 7.11 Å². The molecule has 5 nitrogen and oxygen atoms in total. The van der Waals surface area contributed by atoms with Crippen LogP contribution in [0.5, 0.6) is 5.75 Å². The average molecular weight is 439 g/mol. The van der Waals surface area contributed by atoms with E-state index < -0.39 is 0 Å². The van der Waals surface area contributed by atoms with E-state index in [4.69, 9.17) is 14.8 Å². The molecule has 33 heavy (non-hydrogen) atoms. The van der Waals surface area contributed by atoms with Gasteiger partial charge in [0.2, 0.25) is 0 Å². The number of aromatic nitrogens is 3. The SMILES string of the molecule is COc1ccc(-c2nc(-c3cccc(CN4CCCC4)c3)n(C(C)c3ccccc3)n2)cc1. The summed E-state index contributed by atoms with van der Waals surface area (Å²) in [6.45, 7) is 5.54. The molecule has 1 atom stereocenters. The third-order valence-electron chi connectivity index (χ3n) is 6.42. The summed E-state index contributed by atoms with van der Waals surface area (Å²) < 4.78 is 7.38. The summed E-state index contributed by atoms with van der Waals surface area (Å²) in [4.78, 5) is 7.55. The minimum Gasteiger partial charge on any atom is -0.497 e. The van der Waals surface area contributed by atoms with Crippen LogP contribution < -0.4 is 4.74 Å². The molecule has 0 amide bonds. The fraction of sp³-hybridized carbons (Fsp3) is 0.286. The maximum Gasteiger partial charge on any atom is 0.181 e. The molecule has 0 aliphatic carbocycles. The number of hydrogen-bond acceptors (Lipinski definition) is 4. The first-order chi connectivity index (χ1) is 16.2. The quantitative estimate of drug-likeness (QED) is 0.364. The molecule has 2 heterocycles. The molecular formula is C28H30N4O. The number of rotatable bonds is 7. The fourth-order valence-corrected chi connectivity index (χ4v) is 4.53. The van der Waals surface area contributed by atoms with Crippen LogP contribution >= 0.6 is 0 Å². The van der Waals surface area contributed by atoms with Gasteiger partial charge in [-0.3, -0.25) is 4.90 Å². The van der Waals surface area contributed by atoms with Gasteiger partial charge in [0.25, 0.3) is 0 Å². The molecule has 0 saturated carbocycles. The summed E-state index contributed by atoms with van der Waals surface area (Å²) in [5, 5.41) is 4.98. The van der Waals surface area contributed by atoms with Crippen LogP contribution in [0, 0.1) is 0 Å². The van der Waals surface area contributed by atoms with Crippen molar-refractivity contribution in [1.82, 2.24) is 19.7 Å². The van der Waals surface area contributed by atoms with Crippen molar-refractivity contribution in [2.24, 2.45) is 0 Å². The highest BCUT2D eigenvalue weighted by molar-refractivity contribution is 5.63. The lowest BCUT2D eigenvalue weighted by atomic mass is 10.1.